The Morgan fingerprint density at radius 2 is 0.950 bits per heavy atom. The highest BCUT2D eigenvalue weighted by Crippen LogP contribution is 2.15. The summed E-state index contributed by atoms with van der Waals surface area (Å²) in [5.74, 6) is 0.937. The van der Waals surface area contributed by atoms with E-state index < -0.39 is 0 Å². The first kappa shape index (κ1) is 20.0. The standard InChI is InChI=1S/C19H40O/c1-3-19(2)17-15-13-11-9-7-5-4-6-8-10-12-14-16-18-20/h19-20H,3-18H2,1-2H3. The van der Waals surface area contributed by atoms with E-state index in [2.05, 4.69) is 13.8 Å². The molecule has 122 valence electrons. The third-order valence-electron chi connectivity index (χ3n) is 4.55. The SMILES string of the molecule is CCC(C)CCCCCCCCCCCCCCCO. The van der Waals surface area contributed by atoms with Gasteiger partial charge in [-0.2, -0.15) is 0 Å². The molecule has 0 saturated heterocycles. The number of aliphatic hydroxyl groups is 1. The van der Waals surface area contributed by atoms with E-state index in [1.54, 1.807) is 0 Å². The lowest BCUT2D eigenvalue weighted by atomic mass is 9.99. The summed E-state index contributed by atoms with van der Waals surface area (Å²) in [6.45, 7) is 5.05. The van der Waals surface area contributed by atoms with Crippen LogP contribution >= 0.6 is 0 Å². The van der Waals surface area contributed by atoms with Crippen molar-refractivity contribution in [2.45, 2.75) is 110 Å². The van der Waals surface area contributed by atoms with Crippen LogP contribution in [0.1, 0.15) is 110 Å². The Morgan fingerprint density at radius 1 is 0.600 bits per heavy atom. The Hall–Kier alpha value is -0.0400. The van der Waals surface area contributed by atoms with Crippen molar-refractivity contribution in [3.8, 4) is 0 Å². The molecule has 0 aliphatic rings. The molecule has 0 fully saturated rings. The maximum Gasteiger partial charge on any atom is 0.0431 e. The van der Waals surface area contributed by atoms with Gasteiger partial charge in [0, 0.05) is 6.61 Å². The Morgan fingerprint density at radius 3 is 1.30 bits per heavy atom. The van der Waals surface area contributed by atoms with E-state index in [1.807, 2.05) is 0 Å². The zero-order chi connectivity index (χ0) is 14.9. The fourth-order valence-corrected chi connectivity index (χ4v) is 2.75. The molecule has 0 spiro atoms. The van der Waals surface area contributed by atoms with Gasteiger partial charge in [0.1, 0.15) is 0 Å². The molecule has 0 aliphatic heterocycles. The minimum atomic E-state index is 0.372. The van der Waals surface area contributed by atoms with Crippen LogP contribution in [0.25, 0.3) is 0 Å². The summed E-state index contributed by atoms with van der Waals surface area (Å²) < 4.78 is 0. The zero-order valence-corrected chi connectivity index (χ0v) is 14.3. The van der Waals surface area contributed by atoms with Gasteiger partial charge in [0.25, 0.3) is 0 Å². The van der Waals surface area contributed by atoms with Crippen LogP contribution in [0.4, 0.5) is 0 Å². The van der Waals surface area contributed by atoms with Crippen LogP contribution in [0.2, 0.25) is 0 Å². The van der Waals surface area contributed by atoms with Gasteiger partial charge < -0.3 is 5.11 Å². The number of hydrogen-bond acceptors (Lipinski definition) is 1. The van der Waals surface area contributed by atoms with Gasteiger partial charge in [-0.1, -0.05) is 104 Å². The molecule has 0 rings (SSSR count). The van der Waals surface area contributed by atoms with Crippen molar-refractivity contribution in [3.63, 3.8) is 0 Å². The van der Waals surface area contributed by atoms with Crippen LogP contribution in [-0.2, 0) is 0 Å². The monoisotopic (exact) mass is 284 g/mol. The third-order valence-corrected chi connectivity index (χ3v) is 4.55. The van der Waals surface area contributed by atoms with Crippen LogP contribution in [0, 0.1) is 5.92 Å². The second-order valence-corrected chi connectivity index (χ2v) is 6.62. The molecular weight excluding hydrogens is 244 g/mol. The van der Waals surface area contributed by atoms with E-state index in [-0.39, 0.29) is 0 Å². The molecule has 0 heterocycles. The highest BCUT2D eigenvalue weighted by atomic mass is 16.2. The zero-order valence-electron chi connectivity index (χ0n) is 14.3. The molecule has 1 atom stereocenters. The fourth-order valence-electron chi connectivity index (χ4n) is 2.75. The van der Waals surface area contributed by atoms with E-state index in [1.165, 1.54) is 89.9 Å². The Labute approximate surface area is 128 Å². The smallest absolute Gasteiger partial charge is 0.0431 e. The van der Waals surface area contributed by atoms with Crippen molar-refractivity contribution >= 4 is 0 Å². The number of hydrogen-bond donors (Lipinski definition) is 1. The summed E-state index contributed by atoms with van der Waals surface area (Å²) >= 11 is 0. The fraction of sp³-hybridized carbons (Fsp3) is 1.00. The molecule has 0 aromatic carbocycles. The molecule has 1 N–H and O–H groups in total. The van der Waals surface area contributed by atoms with E-state index in [0.29, 0.717) is 6.61 Å². The Kier molecular flexibility index (Phi) is 17.0. The van der Waals surface area contributed by atoms with Gasteiger partial charge in [-0.15, -0.1) is 0 Å². The van der Waals surface area contributed by atoms with Gasteiger partial charge in [-0.05, 0) is 12.3 Å². The second-order valence-electron chi connectivity index (χ2n) is 6.62. The number of unbranched alkanes of at least 4 members (excludes halogenated alkanes) is 12. The summed E-state index contributed by atoms with van der Waals surface area (Å²) in [5.41, 5.74) is 0. The lowest BCUT2D eigenvalue weighted by molar-refractivity contribution is 0.282. The van der Waals surface area contributed by atoms with Gasteiger partial charge in [-0.3, -0.25) is 0 Å². The predicted molar refractivity (Wildman–Crippen MR) is 91.2 cm³/mol. The van der Waals surface area contributed by atoms with Crippen LogP contribution in [0.5, 0.6) is 0 Å². The molecule has 0 aromatic rings. The highest BCUT2D eigenvalue weighted by molar-refractivity contribution is 4.52. The first-order valence-electron chi connectivity index (χ1n) is 9.42. The minimum absolute atomic E-state index is 0.372. The summed E-state index contributed by atoms with van der Waals surface area (Å²) in [4.78, 5) is 0. The lowest BCUT2D eigenvalue weighted by Crippen LogP contribution is -1.91. The van der Waals surface area contributed by atoms with Crippen molar-refractivity contribution in [2.75, 3.05) is 6.61 Å². The summed E-state index contributed by atoms with van der Waals surface area (Å²) in [5, 5.41) is 8.68. The quantitative estimate of drug-likeness (QED) is 0.321. The number of aliphatic hydroxyl groups excluding tert-OH is 1. The van der Waals surface area contributed by atoms with Crippen molar-refractivity contribution in [2.24, 2.45) is 5.92 Å². The van der Waals surface area contributed by atoms with Gasteiger partial charge >= 0.3 is 0 Å². The van der Waals surface area contributed by atoms with Crippen molar-refractivity contribution in [3.05, 3.63) is 0 Å². The summed E-state index contributed by atoms with van der Waals surface area (Å²) in [6, 6.07) is 0. The molecule has 1 nitrogen and oxygen atoms in total. The number of rotatable bonds is 16. The van der Waals surface area contributed by atoms with Gasteiger partial charge in [0.15, 0.2) is 0 Å². The average Bonchev–Trinajstić information content (AvgIpc) is 2.47. The normalized spacial score (nSPS) is 12.8. The molecule has 20 heavy (non-hydrogen) atoms. The molecule has 0 radical (unpaired) electrons. The molecule has 0 bridgehead atoms. The van der Waals surface area contributed by atoms with Gasteiger partial charge in [-0.25, -0.2) is 0 Å². The molecular formula is C19H40O. The van der Waals surface area contributed by atoms with E-state index in [9.17, 15) is 0 Å². The molecule has 0 amide bonds. The summed E-state index contributed by atoms with van der Waals surface area (Å²) in [7, 11) is 0. The Balaban J connectivity index is 2.96. The predicted octanol–water partition coefficient (Wildman–Crippen LogP) is 6.49. The van der Waals surface area contributed by atoms with Gasteiger partial charge in [0.2, 0.25) is 0 Å². The first-order valence-corrected chi connectivity index (χ1v) is 9.42. The van der Waals surface area contributed by atoms with Gasteiger partial charge in [0.05, 0.1) is 0 Å². The largest absolute Gasteiger partial charge is 0.396 e. The van der Waals surface area contributed by atoms with Crippen molar-refractivity contribution in [1.82, 2.24) is 0 Å². The van der Waals surface area contributed by atoms with Crippen molar-refractivity contribution in [1.29, 1.82) is 0 Å². The van der Waals surface area contributed by atoms with E-state index in [4.69, 9.17) is 5.11 Å². The highest BCUT2D eigenvalue weighted by Gasteiger charge is 1.98. The average molecular weight is 285 g/mol. The Bertz CT molecular complexity index is 167. The molecule has 1 heteroatoms. The molecule has 0 aromatic heterocycles. The van der Waals surface area contributed by atoms with Crippen molar-refractivity contribution < 1.29 is 5.11 Å². The van der Waals surface area contributed by atoms with E-state index in [0.717, 1.165) is 12.3 Å². The third kappa shape index (κ3) is 16.0. The van der Waals surface area contributed by atoms with Crippen LogP contribution in [0.3, 0.4) is 0 Å². The van der Waals surface area contributed by atoms with Crippen LogP contribution < -0.4 is 0 Å². The van der Waals surface area contributed by atoms with Crippen LogP contribution in [-0.4, -0.2) is 11.7 Å². The molecule has 0 saturated carbocycles. The molecule has 1 unspecified atom stereocenters. The van der Waals surface area contributed by atoms with Crippen LogP contribution in [0.15, 0.2) is 0 Å². The lowest BCUT2D eigenvalue weighted by Gasteiger charge is -2.07. The van der Waals surface area contributed by atoms with E-state index >= 15 is 0 Å². The summed E-state index contributed by atoms with van der Waals surface area (Å²) in [6.07, 6.45) is 20.7. The topological polar surface area (TPSA) is 20.2 Å². The first-order chi connectivity index (χ1) is 9.81. The maximum atomic E-state index is 8.68. The second kappa shape index (κ2) is 17.0. The maximum absolute atomic E-state index is 8.68. The molecule has 0 aliphatic carbocycles. The minimum Gasteiger partial charge on any atom is -0.396 e.